The zero-order chi connectivity index (χ0) is 25.5. The molecule has 2 N–H and O–H groups in total. The molecule has 1 aliphatic carbocycles. The van der Waals surface area contributed by atoms with Crippen molar-refractivity contribution >= 4 is 27.2 Å². The predicted octanol–water partition coefficient (Wildman–Crippen LogP) is 5.29. The first-order chi connectivity index (χ1) is 15.6. The van der Waals surface area contributed by atoms with Crippen molar-refractivity contribution in [3.05, 3.63) is 47.3 Å². The van der Waals surface area contributed by atoms with Crippen LogP contribution in [-0.2, 0) is 17.1 Å². The Morgan fingerprint density at radius 1 is 1.18 bits per heavy atom. The van der Waals surface area contributed by atoms with Gasteiger partial charge in [-0.1, -0.05) is 58.4 Å². The standard InChI is InChI=1S/C26H38N4O3S/c1-17-9-11-20(12-10-17)34(32,33)29-22-21(19-13-15-26(6,7)16-14-19)28-30(8)23(22)24(31)27-18(2)25(3,4)5/h9-13,18,29H,14-16H2,1-8H3,(H,27,31)/t18-/m0/s1. The van der Waals surface area contributed by atoms with E-state index in [0.29, 0.717) is 5.69 Å². The zero-order valence-corrected chi connectivity index (χ0v) is 22.4. The molecule has 1 aliphatic rings. The first-order valence-corrected chi connectivity index (χ1v) is 13.3. The van der Waals surface area contributed by atoms with E-state index in [-0.39, 0.29) is 39.1 Å². The van der Waals surface area contributed by atoms with Crippen molar-refractivity contribution in [2.45, 2.75) is 78.7 Å². The molecule has 3 rings (SSSR count). The summed E-state index contributed by atoms with van der Waals surface area (Å²) in [4.78, 5) is 13.5. The molecule has 0 saturated heterocycles. The predicted molar refractivity (Wildman–Crippen MR) is 137 cm³/mol. The Morgan fingerprint density at radius 2 is 1.79 bits per heavy atom. The monoisotopic (exact) mass is 486 g/mol. The van der Waals surface area contributed by atoms with Crippen LogP contribution in [0.4, 0.5) is 5.69 Å². The van der Waals surface area contributed by atoms with Crippen molar-refractivity contribution in [2.24, 2.45) is 17.9 Å². The molecule has 0 fully saturated rings. The number of nitrogens with one attached hydrogen (secondary N) is 2. The number of sulfonamides is 1. The van der Waals surface area contributed by atoms with Crippen molar-refractivity contribution in [3.8, 4) is 0 Å². The van der Waals surface area contributed by atoms with E-state index in [2.05, 4.69) is 35.1 Å². The van der Waals surface area contributed by atoms with E-state index in [4.69, 9.17) is 0 Å². The van der Waals surface area contributed by atoms with E-state index in [9.17, 15) is 13.2 Å². The van der Waals surface area contributed by atoms with E-state index in [1.165, 1.54) is 4.68 Å². The number of nitrogens with zero attached hydrogens (tertiary/aromatic N) is 2. The van der Waals surface area contributed by atoms with E-state index >= 15 is 0 Å². The van der Waals surface area contributed by atoms with E-state index in [1.807, 2.05) is 34.6 Å². The molecule has 1 aromatic carbocycles. The van der Waals surface area contributed by atoms with Gasteiger partial charge in [0.2, 0.25) is 0 Å². The van der Waals surface area contributed by atoms with Crippen LogP contribution in [-0.4, -0.2) is 30.1 Å². The molecule has 0 unspecified atom stereocenters. The fraction of sp³-hybridized carbons (Fsp3) is 0.538. The number of rotatable bonds is 6. The molecule has 1 atom stereocenters. The van der Waals surface area contributed by atoms with Gasteiger partial charge in [0, 0.05) is 13.1 Å². The number of benzene rings is 1. The summed E-state index contributed by atoms with van der Waals surface area (Å²) in [7, 11) is -2.25. The highest BCUT2D eigenvalue weighted by atomic mass is 32.2. The van der Waals surface area contributed by atoms with Crippen LogP contribution in [0.15, 0.2) is 35.2 Å². The number of aromatic nitrogens is 2. The molecule has 7 nitrogen and oxygen atoms in total. The number of anilines is 1. The summed E-state index contributed by atoms with van der Waals surface area (Å²) in [5.41, 5.74) is 2.90. The van der Waals surface area contributed by atoms with Gasteiger partial charge >= 0.3 is 0 Å². The highest BCUT2D eigenvalue weighted by Gasteiger charge is 2.32. The first kappa shape index (κ1) is 26.0. The van der Waals surface area contributed by atoms with E-state index in [1.54, 1.807) is 31.3 Å². The van der Waals surface area contributed by atoms with Crippen LogP contribution in [0, 0.1) is 17.8 Å². The molecular formula is C26H38N4O3S. The van der Waals surface area contributed by atoms with Crippen molar-refractivity contribution in [1.29, 1.82) is 0 Å². The van der Waals surface area contributed by atoms with Gasteiger partial charge in [-0.25, -0.2) is 8.42 Å². The molecule has 0 spiro atoms. The normalized spacial score (nSPS) is 17.1. The zero-order valence-electron chi connectivity index (χ0n) is 21.6. The van der Waals surface area contributed by atoms with Crippen LogP contribution in [0.25, 0.3) is 5.57 Å². The average molecular weight is 487 g/mol. The van der Waals surface area contributed by atoms with Crippen LogP contribution < -0.4 is 10.0 Å². The molecule has 0 aliphatic heterocycles. The van der Waals surface area contributed by atoms with Crippen LogP contribution in [0.3, 0.4) is 0 Å². The molecular weight excluding hydrogens is 448 g/mol. The van der Waals surface area contributed by atoms with Gasteiger partial charge in [0.05, 0.1) is 4.90 Å². The van der Waals surface area contributed by atoms with Crippen LogP contribution in [0.5, 0.6) is 0 Å². The third-order valence-electron chi connectivity index (χ3n) is 6.75. The lowest BCUT2D eigenvalue weighted by Crippen LogP contribution is -2.42. The Balaban J connectivity index is 2.09. The van der Waals surface area contributed by atoms with Gasteiger partial charge in [-0.2, -0.15) is 5.10 Å². The Morgan fingerprint density at radius 3 is 2.32 bits per heavy atom. The van der Waals surface area contributed by atoms with Gasteiger partial charge in [-0.05, 0) is 61.6 Å². The van der Waals surface area contributed by atoms with Gasteiger partial charge in [-0.3, -0.25) is 14.2 Å². The van der Waals surface area contributed by atoms with Gasteiger partial charge in [-0.15, -0.1) is 0 Å². The molecule has 1 aromatic heterocycles. The van der Waals surface area contributed by atoms with Crippen molar-refractivity contribution in [1.82, 2.24) is 15.1 Å². The maximum absolute atomic E-state index is 13.4. The number of hydrogen-bond donors (Lipinski definition) is 2. The highest BCUT2D eigenvalue weighted by molar-refractivity contribution is 7.92. The summed E-state index contributed by atoms with van der Waals surface area (Å²) in [5.74, 6) is -0.359. The quantitative estimate of drug-likeness (QED) is 0.580. The van der Waals surface area contributed by atoms with Crippen molar-refractivity contribution in [2.75, 3.05) is 4.72 Å². The summed E-state index contributed by atoms with van der Waals surface area (Å²) in [6.07, 6.45) is 4.71. The minimum Gasteiger partial charge on any atom is -0.348 e. The highest BCUT2D eigenvalue weighted by Crippen LogP contribution is 2.40. The summed E-state index contributed by atoms with van der Waals surface area (Å²) >= 11 is 0. The number of amides is 1. The second-order valence-corrected chi connectivity index (χ2v) is 13.0. The molecule has 186 valence electrons. The Kier molecular flexibility index (Phi) is 7.04. The third kappa shape index (κ3) is 5.71. The molecule has 2 aromatic rings. The second-order valence-electron chi connectivity index (χ2n) is 11.3. The summed E-state index contributed by atoms with van der Waals surface area (Å²) in [6.45, 7) is 14.4. The number of aryl methyl sites for hydroxylation is 2. The van der Waals surface area contributed by atoms with Gasteiger partial charge in [0.1, 0.15) is 11.4 Å². The Bertz CT molecular complexity index is 1200. The van der Waals surface area contributed by atoms with Crippen LogP contribution in [0.1, 0.15) is 82.6 Å². The maximum Gasteiger partial charge on any atom is 0.271 e. The van der Waals surface area contributed by atoms with Crippen LogP contribution >= 0.6 is 0 Å². The SMILES string of the molecule is Cc1ccc(S(=O)(=O)Nc2c(C3=CCC(C)(C)CC3)nn(C)c2C(=O)N[C@@H](C)C(C)(C)C)cc1. The molecule has 34 heavy (non-hydrogen) atoms. The minimum atomic E-state index is -3.92. The van der Waals surface area contributed by atoms with Crippen molar-refractivity contribution < 1.29 is 13.2 Å². The molecule has 8 heteroatoms. The second kappa shape index (κ2) is 9.21. The van der Waals surface area contributed by atoms with Gasteiger partial charge in [0.25, 0.3) is 15.9 Å². The number of hydrogen-bond acceptors (Lipinski definition) is 4. The fourth-order valence-electron chi connectivity index (χ4n) is 3.79. The minimum absolute atomic E-state index is 0.130. The number of carbonyl (C=O) groups is 1. The van der Waals surface area contributed by atoms with Crippen LogP contribution in [0.2, 0.25) is 0 Å². The smallest absolute Gasteiger partial charge is 0.271 e. The lowest BCUT2D eigenvalue weighted by Gasteiger charge is -2.28. The molecule has 1 amide bonds. The van der Waals surface area contributed by atoms with E-state index < -0.39 is 10.0 Å². The van der Waals surface area contributed by atoms with Gasteiger partial charge < -0.3 is 5.32 Å². The first-order valence-electron chi connectivity index (χ1n) is 11.8. The number of carbonyl (C=O) groups excluding carboxylic acids is 1. The molecule has 1 heterocycles. The fourth-order valence-corrected chi connectivity index (χ4v) is 4.86. The number of allylic oxidation sites excluding steroid dienone is 2. The Hall–Kier alpha value is -2.61. The topological polar surface area (TPSA) is 93.1 Å². The lowest BCUT2D eigenvalue weighted by molar-refractivity contribution is 0.0901. The molecule has 0 bridgehead atoms. The molecule has 0 radical (unpaired) electrons. The lowest BCUT2D eigenvalue weighted by atomic mass is 9.77. The van der Waals surface area contributed by atoms with Crippen molar-refractivity contribution in [3.63, 3.8) is 0 Å². The summed E-state index contributed by atoms with van der Waals surface area (Å²) in [5, 5.41) is 7.65. The van der Waals surface area contributed by atoms with Gasteiger partial charge in [0.15, 0.2) is 5.69 Å². The Labute approximate surface area is 204 Å². The largest absolute Gasteiger partial charge is 0.348 e. The third-order valence-corrected chi connectivity index (χ3v) is 8.12. The molecule has 0 saturated carbocycles. The summed E-state index contributed by atoms with van der Waals surface area (Å²) in [6, 6.07) is 6.51. The maximum atomic E-state index is 13.4. The average Bonchev–Trinajstić information content (AvgIpc) is 3.02. The van der Waals surface area contributed by atoms with E-state index in [0.717, 1.165) is 30.4 Å². The summed E-state index contributed by atoms with van der Waals surface area (Å²) < 4.78 is 30.8.